The average Bonchev–Trinajstić information content (AvgIpc) is 3.16. The monoisotopic (exact) mass is 341 g/mol. The minimum absolute atomic E-state index is 0.0247. The summed E-state index contributed by atoms with van der Waals surface area (Å²) in [6.07, 6.45) is 11.3. The number of hydrogen-bond donors (Lipinski definition) is 1. The van der Waals surface area contributed by atoms with Crippen LogP contribution in [-0.4, -0.2) is 34.9 Å². The predicted octanol–water partition coefficient (Wildman–Crippen LogP) is 3.40. The van der Waals surface area contributed by atoms with E-state index >= 15 is 0 Å². The minimum atomic E-state index is -0.0247. The van der Waals surface area contributed by atoms with Gasteiger partial charge in [0.1, 0.15) is 0 Å². The molecule has 1 aliphatic carbocycles. The number of hydrogen-bond acceptors (Lipinski definition) is 3. The van der Waals surface area contributed by atoms with Crippen molar-refractivity contribution in [3.05, 3.63) is 53.9 Å². The molecule has 1 heterocycles. The predicted molar refractivity (Wildman–Crippen MR) is 97.5 cm³/mol. The largest absolute Gasteiger partial charge is 0.378 e. The number of benzene rings is 1. The number of nitrogens with zero attached hydrogens (tertiary/aromatic N) is 2. The molecule has 1 saturated carbocycles. The van der Waals surface area contributed by atoms with Crippen LogP contribution in [0, 0.1) is 0 Å². The maximum absolute atomic E-state index is 12.2. The van der Waals surface area contributed by atoms with Gasteiger partial charge in [-0.2, -0.15) is 5.10 Å². The fourth-order valence-corrected chi connectivity index (χ4v) is 3.20. The first-order valence-corrected chi connectivity index (χ1v) is 9.27. The molecule has 1 fully saturated rings. The van der Waals surface area contributed by atoms with Gasteiger partial charge in [-0.15, -0.1) is 0 Å². The highest BCUT2D eigenvalue weighted by molar-refractivity contribution is 5.94. The Balaban J connectivity index is 1.34. The molecule has 25 heavy (non-hydrogen) atoms. The van der Waals surface area contributed by atoms with Gasteiger partial charge in [-0.25, -0.2) is 0 Å². The molecule has 1 aromatic carbocycles. The number of carbonyl (C=O) groups excluding carboxylic acids is 1. The van der Waals surface area contributed by atoms with E-state index in [4.69, 9.17) is 4.74 Å². The van der Waals surface area contributed by atoms with Crippen molar-refractivity contribution < 1.29 is 9.53 Å². The quantitative estimate of drug-likeness (QED) is 0.749. The summed E-state index contributed by atoms with van der Waals surface area (Å²) in [5.41, 5.74) is 1.82. The van der Waals surface area contributed by atoms with Crippen molar-refractivity contribution in [3.63, 3.8) is 0 Å². The Hall–Kier alpha value is -2.14. The molecule has 2 aromatic rings. The summed E-state index contributed by atoms with van der Waals surface area (Å²) in [7, 11) is 0. The first kappa shape index (κ1) is 17.7. The fourth-order valence-electron chi connectivity index (χ4n) is 3.20. The summed E-state index contributed by atoms with van der Waals surface area (Å²) >= 11 is 0. The molecule has 0 aliphatic heterocycles. The Morgan fingerprint density at radius 3 is 2.72 bits per heavy atom. The topological polar surface area (TPSA) is 56.1 Å². The number of aromatic nitrogens is 2. The number of amides is 1. The van der Waals surface area contributed by atoms with Crippen molar-refractivity contribution in [2.75, 3.05) is 13.2 Å². The van der Waals surface area contributed by atoms with Gasteiger partial charge in [0, 0.05) is 31.1 Å². The lowest BCUT2D eigenvalue weighted by atomic mass is 9.98. The van der Waals surface area contributed by atoms with Crippen molar-refractivity contribution in [2.24, 2.45) is 0 Å². The molecule has 1 aromatic heterocycles. The van der Waals surface area contributed by atoms with Gasteiger partial charge in [0.15, 0.2) is 0 Å². The normalized spacial score (nSPS) is 15.2. The molecule has 1 amide bonds. The van der Waals surface area contributed by atoms with E-state index in [2.05, 4.69) is 10.4 Å². The lowest BCUT2D eigenvalue weighted by Gasteiger charge is -2.21. The zero-order valence-corrected chi connectivity index (χ0v) is 14.7. The van der Waals surface area contributed by atoms with E-state index in [9.17, 15) is 4.79 Å². The minimum Gasteiger partial charge on any atom is -0.378 e. The van der Waals surface area contributed by atoms with Crippen LogP contribution >= 0.6 is 0 Å². The Morgan fingerprint density at radius 1 is 1.20 bits per heavy atom. The van der Waals surface area contributed by atoms with Crippen LogP contribution in [0.2, 0.25) is 0 Å². The number of rotatable bonds is 8. The van der Waals surface area contributed by atoms with Crippen LogP contribution < -0.4 is 5.32 Å². The van der Waals surface area contributed by atoms with E-state index in [1.54, 1.807) is 6.20 Å². The molecule has 0 saturated heterocycles. The maximum Gasteiger partial charge on any atom is 0.251 e. The zero-order valence-electron chi connectivity index (χ0n) is 14.7. The zero-order chi connectivity index (χ0) is 17.3. The van der Waals surface area contributed by atoms with Crippen molar-refractivity contribution in [1.82, 2.24) is 15.1 Å². The van der Waals surface area contributed by atoms with Gasteiger partial charge in [-0.05, 0) is 43.0 Å². The second-order valence-electron chi connectivity index (χ2n) is 6.64. The highest BCUT2D eigenvalue weighted by Gasteiger charge is 2.13. The number of nitrogens with one attached hydrogen (secondary N) is 1. The molecule has 0 radical (unpaired) electrons. The lowest BCUT2D eigenvalue weighted by Crippen LogP contribution is -2.26. The van der Waals surface area contributed by atoms with Crippen molar-refractivity contribution in [1.29, 1.82) is 0 Å². The Bertz CT molecular complexity index is 631. The van der Waals surface area contributed by atoms with Gasteiger partial charge in [0.05, 0.1) is 12.6 Å². The van der Waals surface area contributed by atoms with E-state index in [1.807, 2.05) is 41.2 Å². The smallest absolute Gasteiger partial charge is 0.251 e. The molecule has 5 heteroatoms. The van der Waals surface area contributed by atoms with Gasteiger partial charge in [0.25, 0.3) is 5.91 Å². The molecular weight excluding hydrogens is 314 g/mol. The Morgan fingerprint density at radius 2 is 2.00 bits per heavy atom. The van der Waals surface area contributed by atoms with Crippen LogP contribution in [0.5, 0.6) is 0 Å². The molecule has 3 rings (SSSR count). The van der Waals surface area contributed by atoms with Crippen LogP contribution in [-0.2, 0) is 11.3 Å². The van der Waals surface area contributed by atoms with E-state index in [0.717, 1.165) is 18.6 Å². The van der Waals surface area contributed by atoms with E-state index in [1.165, 1.54) is 32.1 Å². The fraction of sp³-hybridized carbons (Fsp3) is 0.500. The average molecular weight is 341 g/mol. The van der Waals surface area contributed by atoms with Gasteiger partial charge in [0.2, 0.25) is 0 Å². The third kappa shape index (κ3) is 5.71. The molecular formula is C20H27N3O2. The van der Waals surface area contributed by atoms with Gasteiger partial charge in [-0.3, -0.25) is 9.48 Å². The lowest BCUT2D eigenvalue weighted by molar-refractivity contribution is 0.0273. The first-order chi connectivity index (χ1) is 12.3. The van der Waals surface area contributed by atoms with Gasteiger partial charge >= 0.3 is 0 Å². The number of carbonyl (C=O) groups is 1. The molecule has 0 unspecified atom stereocenters. The van der Waals surface area contributed by atoms with Crippen LogP contribution in [0.4, 0.5) is 0 Å². The first-order valence-electron chi connectivity index (χ1n) is 9.27. The summed E-state index contributed by atoms with van der Waals surface area (Å²) in [6.45, 7) is 2.10. The van der Waals surface area contributed by atoms with Crippen molar-refractivity contribution >= 4 is 5.91 Å². The van der Waals surface area contributed by atoms with Gasteiger partial charge in [-0.1, -0.05) is 31.4 Å². The molecule has 134 valence electrons. The second-order valence-corrected chi connectivity index (χ2v) is 6.64. The SMILES string of the molecule is O=C(NCCCOC1CCCCC1)c1ccc(Cn2cccn2)cc1. The Labute approximate surface area is 149 Å². The third-order valence-corrected chi connectivity index (χ3v) is 4.63. The molecule has 1 aliphatic rings. The van der Waals surface area contributed by atoms with Crippen LogP contribution in [0.3, 0.4) is 0 Å². The van der Waals surface area contributed by atoms with Gasteiger partial charge < -0.3 is 10.1 Å². The molecule has 0 atom stereocenters. The van der Waals surface area contributed by atoms with E-state index < -0.39 is 0 Å². The summed E-state index contributed by atoms with van der Waals surface area (Å²) in [4.78, 5) is 12.2. The molecule has 0 bridgehead atoms. The summed E-state index contributed by atoms with van der Waals surface area (Å²) in [5.74, 6) is -0.0247. The molecule has 0 spiro atoms. The Kier molecular flexibility index (Phi) is 6.63. The second kappa shape index (κ2) is 9.37. The maximum atomic E-state index is 12.2. The van der Waals surface area contributed by atoms with E-state index in [0.29, 0.717) is 24.8 Å². The standard InChI is InChI=1S/C20H27N3O2/c24-20(21-12-5-15-25-19-6-2-1-3-7-19)18-10-8-17(9-11-18)16-23-14-4-13-22-23/h4,8-11,13-14,19H,1-3,5-7,12,15-16H2,(H,21,24). The summed E-state index contributed by atoms with van der Waals surface area (Å²) in [6, 6.07) is 9.59. The third-order valence-electron chi connectivity index (χ3n) is 4.63. The molecule has 5 nitrogen and oxygen atoms in total. The highest BCUT2D eigenvalue weighted by Crippen LogP contribution is 2.20. The number of ether oxygens (including phenoxy) is 1. The summed E-state index contributed by atoms with van der Waals surface area (Å²) in [5, 5.41) is 7.15. The van der Waals surface area contributed by atoms with Crippen LogP contribution in [0.15, 0.2) is 42.7 Å². The van der Waals surface area contributed by atoms with Crippen LogP contribution in [0.25, 0.3) is 0 Å². The summed E-state index contributed by atoms with van der Waals surface area (Å²) < 4.78 is 7.74. The van der Waals surface area contributed by atoms with Crippen molar-refractivity contribution in [3.8, 4) is 0 Å². The van der Waals surface area contributed by atoms with Crippen molar-refractivity contribution in [2.45, 2.75) is 51.2 Å². The van der Waals surface area contributed by atoms with E-state index in [-0.39, 0.29) is 5.91 Å². The highest BCUT2D eigenvalue weighted by atomic mass is 16.5. The molecule has 1 N–H and O–H groups in total. The van der Waals surface area contributed by atoms with Crippen LogP contribution in [0.1, 0.15) is 54.4 Å².